The number of hydrogen-bond donors (Lipinski definition) is 2. The molecule has 2 atom stereocenters. The van der Waals surface area contributed by atoms with E-state index in [1.807, 2.05) is 0 Å². The van der Waals surface area contributed by atoms with Gasteiger partial charge in [0.25, 0.3) is 0 Å². The Labute approximate surface area is 88.6 Å². The van der Waals surface area contributed by atoms with E-state index < -0.39 is 0 Å². The third kappa shape index (κ3) is 2.71. The fourth-order valence-electron chi connectivity index (χ4n) is 2.10. The van der Waals surface area contributed by atoms with Gasteiger partial charge in [-0.15, -0.1) is 0 Å². The zero-order chi connectivity index (χ0) is 10.6. The van der Waals surface area contributed by atoms with Crippen LogP contribution < -0.4 is 11.1 Å². The highest BCUT2D eigenvalue weighted by molar-refractivity contribution is 4.95. The zero-order valence-electron chi connectivity index (χ0n) is 9.97. The Hall–Kier alpha value is -0.0800. The van der Waals surface area contributed by atoms with Crippen LogP contribution in [0.15, 0.2) is 0 Å². The molecular weight excluding hydrogens is 172 g/mol. The smallest absolute Gasteiger partial charge is 0.0191 e. The van der Waals surface area contributed by atoms with Gasteiger partial charge in [-0.25, -0.2) is 0 Å². The number of nitrogens with one attached hydrogen (secondary N) is 1. The first-order valence-corrected chi connectivity index (χ1v) is 6.14. The molecule has 0 bridgehead atoms. The molecule has 1 saturated carbocycles. The highest BCUT2D eigenvalue weighted by Crippen LogP contribution is 2.34. The van der Waals surface area contributed by atoms with E-state index in [2.05, 4.69) is 26.1 Å². The number of nitrogens with two attached hydrogens (primary N) is 1. The van der Waals surface area contributed by atoms with Gasteiger partial charge in [-0.1, -0.05) is 27.2 Å². The van der Waals surface area contributed by atoms with Crippen molar-refractivity contribution in [3.05, 3.63) is 0 Å². The highest BCUT2D eigenvalue weighted by Gasteiger charge is 2.34. The summed E-state index contributed by atoms with van der Waals surface area (Å²) in [5, 5.41) is 3.67. The molecule has 0 radical (unpaired) electrons. The Morgan fingerprint density at radius 1 is 1.36 bits per heavy atom. The largest absolute Gasteiger partial charge is 0.326 e. The lowest BCUT2D eigenvalue weighted by molar-refractivity contribution is 0.169. The second-order valence-electron chi connectivity index (χ2n) is 4.92. The molecule has 2 unspecified atom stereocenters. The third-order valence-electron chi connectivity index (χ3n) is 4.08. The van der Waals surface area contributed by atoms with E-state index in [-0.39, 0.29) is 0 Å². The van der Waals surface area contributed by atoms with Gasteiger partial charge >= 0.3 is 0 Å². The fourth-order valence-corrected chi connectivity index (χ4v) is 2.10. The second kappa shape index (κ2) is 5.13. The number of rotatable bonds is 6. The summed E-state index contributed by atoms with van der Waals surface area (Å²) in [5.41, 5.74) is 6.56. The van der Waals surface area contributed by atoms with Gasteiger partial charge in [-0.05, 0) is 31.6 Å². The first-order chi connectivity index (χ1) is 6.63. The summed E-state index contributed by atoms with van der Waals surface area (Å²) in [6.07, 6.45) is 6.51. The predicted molar refractivity (Wildman–Crippen MR) is 62.3 cm³/mol. The van der Waals surface area contributed by atoms with Gasteiger partial charge in [-0.2, -0.15) is 0 Å². The van der Waals surface area contributed by atoms with Gasteiger partial charge in [0.2, 0.25) is 0 Å². The Bertz CT molecular complexity index is 158. The molecule has 3 N–H and O–H groups in total. The number of hydrogen-bond acceptors (Lipinski definition) is 2. The summed E-state index contributed by atoms with van der Waals surface area (Å²) in [4.78, 5) is 0. The molecule has 0 aliphatic heterocycles. The molecule has 1 aliphatic carbocycles. The van der Waals surface area contributed by atoms with Crippen LogP contribution in [0.1, 0.15) is 52.9 Å². The topological polar surface area (TPSA) is 38.0 Å². The molecule has 0 heterocycles. The SMILES string of the molecule is CCC(C)C(N)CNC1(CC)CCC1. The van der Waals surface area contributed by atoms with Crippen LogP contribution in [0, 0.1) is 5.92 Å². The van der Waals surface area contributed by atoms with Crippen molar-refractivity contribution in [2.75, 3.05) is 6.54 Å². The van der Waals surface area contributed by atoms with Crippen LogP contribution in [-0.4, -0.2) is 18.1 Å². The summed E-state index contributed by atoms with van der Waals surface area (Å²) < 4.78 is 0. The molecule has 14 heavy (non-hydrogen) atoms. The molecule has 0 spiro atoms. The van der Waals surface area contributed by atoms with Crippen molar-refractivity contribution in [1.82, 2.24) is 5.32 Å². The first-order valence-electron chi connectivity index (χ1n) is 6.14. The van der Waals surface area contributed by atoms with E-state index in [1.54, 1.807) is 0 Å². The van der Waals surface area contributed by atoms with Crippen molar-refractivity contribution in [1.29, 1.82) is 0 Å². The molecular formula is C12H26N2. The van der Waals surface area contributed by atoms with E-state index in [1.165, 1.54) is 32.1 Å². The molecule has 0 aromatic carbocycles. The van der Waals surface area contributed by atoms with Crippen LogP contribution in [0.3, 0.4) is 0 Å². The van der Waals surface area contributed by atoms with Gasteiger partial charge < -0.3 is 11.1 Å². The van der Waals surface area contributed by atoms with E-state index in [0.29, 0.717) is 17.5 Å². The third-order valence-corrected chi connectivity index (χ3v) is 4.08. The summed E-state index contributed by atoms with van der Waals surface area (Å²) in [6.45, 7) is 7.72. The molecule has 0 saturated heterocycles. The van der Waals surface area contributed by atoms with Crippen molar-refractivity contribution in [2.45, 2.75) is 64.5 Å². The molecule has 1 fully saturated rings. The minimum Gasteiger partial charge on any atom is -0.326 e. The van der Waals surface area contributed by atoms with Crippen molar-refractivity contribution in [3.63, 3.8) is 0 Å². The van der Waals surface area contributed by atoms with Crippen LogP contribution >= 0.6 is 0 Å². The Morgan fingerprint density at radius 3 is 2.36 bits per heavy atom. The van der Waals surface area contributed by atoms with Crippen molar-refractivity contribution < 1.29 is 0 Å². The summed E-state index contributed by atoms with van der Waals surface area (Å²) in [6, 6.07) is 0.323. The van der Waals surface area contributed by atoms with Crippen molar-refractivity contribution in [2.24, 2.45) is 11.7 Å². The molecule has 0 aromatic heterocycles. The van der Waals surface area contributed by atoms with Gasteiger partial charge in [0.1, 0.15) is 0 Å². The van der Waals surface area contributed by atoms with Crippen molar-refractivity contribution in [3.8, 4) is 0 Å². The van der Waals surface area contributed by atoms with Crippen LogP contribution in [-0.2, 0) is 0 Å². The lowest BCUT2D eigenvalue weighted by Crippen LogP contribution is -2.54. The maximum atomic E-state index is 6.11. The monoisotopic (exact) mass is 198 g/mol. The van der Waals surface area contributed by atoms with E-state index >= 15 is 0 Å². The fraction of sp³-hybridized carbons (Fsp3) is 1.00. The quantitative estimate of drug-likeness (QED) is 0.687. The normalized spacial score (nSPS) is 24.0. The second-order valence-corrected chi connectivity index (χ2v) is 4.92. The maximum absolute atomic E-state index is 6.11. The molecule has 84 valence electrons. The van der Waals surface area contributed by atoms with Crippen molar-refractivity contribution >= 4 is 0 Å². The van der Waals surface area contributed by atoms with E-state index in [9.17, 15) is 0 Å². The average Bonchev–Trinajstić information content (AvgIpc) is 2.15. The lowest BCUT2D eigenvalue weighted by atomic mass is 9.74. The molecule has 0 aromatic rings. The molecule has 1 aliphatic rings. The van der Waals surface area contributed by atoms with Crippen LogP contribution in [0.5, 0.6) is 0 Å². The van der Waals surface area contributed by atoms with Gasteiger partial charge in [0, 0.05) is 18.1 Å². The van der Waals surface area contributed by atoms with Crippen LogP contribution in [0.2, 0.25) is 0 Å². The molecule has 1 rings (SSSR count). The molecule has 0 amide bonds. The molecule has 2 heteroatoms. The Kier molecular flexibility index (Phi) is 4.39. The van der Waals surface area contributed by atoms with Gasteiger partial charge in [0.15, 0.2) is 0 Å². The predicted octanol–water partition coefficient (Wildman–Crippen LogP) is 2.28. The zero-order valence-corrected chi connectivity index (χ0v) is 9.97. The Balaban J connectivity index is 2.25. The standard InChI is InChI=1S/C12H26N2/c1-4-10(3)11(13)9-14-12(5-2)7-6-8-12/h10-11,14H,4-9,13H2,1-3H3. The first kappa shape index (κ1) is 12.0. The maximum Gasteiger partial charge on any atom is 0.0191 e. The van der Waals surface area contributed by atoms with Crippen LogP contribution in [0.25, 0.3) is 0 Å². The van der Waals surface area contributed by atoms with E-state index in [0.717, 1.165) is 6.54 Å². The lowest BCUT2D eigenvalue weighted by Gasteiger charge is -2.43. The summed E-state index contributed by atoms with van der Waals surface area (Å²) in [7, 11) is 0. The molecule has 2 nitrogen and oxygen atoms in total. The Morgan fingerprint density at radius 2 is 2.00 bits per heavy atom. The summed E-state index contributed by atoms with van der Waals surface area (Å²) in [5.74, 6) is 0.636. The highest BCUT2D eigenvalue weighted by atomic mass is 15.0. The van der Waals surface area contributed by atoms with Crippen LogP contribution in [0.4, 0.5) is 0 Å². The van der Waals surface area contributed by atoms with Gasteiger partial charge in [-0.3, -0.25) is 0 Å². The average molecular weight is 198 g/mol. The summed E-state index contributed by atoms with van der Waals surface area (Å²) >= 11 is 0. The van der Waals surface area contributed by atoms with Gasteiger partial charge in [0.05, 0.1) is 0 Å². The minimum atomic E-state index is 0.323. The van der Waals surface area contributed by atoms with E-state index in [4.69, 9.17) is 5.73 Å². The minimum absolute atomic E-state index is 0.323.